The Kier molecular flexibility index (Phi) is 5.85. The van der Waals surface area contributed by atoms with E-state index >= 15 is 0 Å². The lowest BCUT2D eigenvalue weighted by molar-refractivity contribution is -0.136. The van der Waals surface area contributed by atoms with Crippen LogP contribution in [0.5, 0.6) is 5.75 Å². The predicted molar refractivity (Wildman–Crippen MR) is 118 cm³/mol. The average Bonchev–Trinajstić information content (AvgIpc) is 3.11. The predicted octanol–water partition coefficient (Wildman–Crippen LogP) is 2.63. The highest BCUT2D eigenvalue weighted by Gasteiger charge is 2.39. The quantitative estimate of drug-likeness (QED) is 0.707. The summed E-state index contributed by atoms with van der Waals surface area (Å²) in [6.07, 6.45) is 2.42. The molecule has 0 bridgehead atoms. The van der Waals surface area contributed by atoms with Gasteiger partial charge in [-0.25, -0.2) is 4.39 Å². The maximum Gasteiger partial charge on any atom is 0.255 e. The van der Waals surface area contributed by atoms with E-state index in [0.717, 1.165) is 24.9 Å². The molecule has 3 aliphatic heterocycles. The van der Waals surface area contributed by atoms with Crippen LogP contribution >= 0.6 is 0 Å². The number of benzene rings is 2. The third-order valence-corrected chi connectivity index (χ3v) is 6.61. The molecule has 1 N–H and O–H groups in total. The van der Waals surface area contributed by atoms with Crippen molar-refractivity contribution in [1.82, 2.24) is 15.1 Å². The molecule has 33 heavy (non-hydrogen) atoms. The molecular formula is C25H26FN3O4. The van der Waals surface area contributed by atoms with E-state index in [-0.39, 0.29) is 30.2 Å². The number of likely N-dealkylation sites (tertiary alicyclic amines) is 1. The summed E-state index contributed by atoms with van der Waals surface area (Å²) in [5.74, 6) is -0.415. The zero-order valence-corrected chi connectivity index (χ0v) is 18.3. The lowest BCUT2D eigenvalue weighted by atomic mass is 10.0. The summed E-state index contributed by atoms with van der Waals surface area (Å²) in [4.78, 5) is 40.2. The molecule has 2 aromatic rings. The van der Waals surface area contributed by atoms with Crippen molar-refractivity contribution in [3.63, 3.8) is 0 Å². The molecule has 0 radical (unpaired) electrons. The normalized spacial score (nSPS) is 23.4. The van der Waals surface area contributed by atoms with Crippen molar-refractivity contribution in [1.29, 1.82) is 0 Å². The second-order valence-corrected chi connectivity index (χ2v) is 8.93. The number of rotatable bonds is 5. The lowest BCUT2D eigenvalue weighted by Crippen LogP contribution is -2.52. The summed E-state index contributed by atoms with van der Waals surface area (Å²) >= 11 is 0. The van der Waals surface area contributed by atoms with Gasteiger partial charge in [0, 0.05) is 37.2 Å². The highest BCUT2D eigenvalue weighted by atomic mass is 19.1. The molecule has 2 aromatic carbocycles. The second-order valence-electron chi connectivity index (χ2n) is 8.93. The van der Waals surface area contributed by atoms with Gasteiger partial charge in [0.25, 0.3) is 5.91 Å². The van der Waals surface area contributed by atoms with E-state index < -0.39 is 11.9 Å². The smallest absolute Gasteiger partial charge is 0.255 e. The topological polar surface area (TPSA) is 79.0 Å². The van der Waals surface area contributed by atoms with Crippen LogP contribution in [0.4, 0.5) is 4.39 Å². The molecule has 2 fully saturated rings. The Labute approximate surface area is 191 Å². The lowest BCUT2D eigenvalue weighted by Gasteiger charge is -2.33. The SMILES string of the molecule is O=C1CCC(N2Cc3cc(OC4CCCN(Cc5ccccc5F)C4)ccc3C2=O)C(=O)N1. The molecule has 2 saturated heterocycles. The molecule has 8 heteroatoms. The monoisotopic (exact) mass is 451 g/mol. The van der Waals surface area contributed by atoms with Crippen molar-refractivity contribution < 1.29 is 23.5 Å². The van der Waals surface area contributed by atoms with Crippen molar-refractivity contribution in [2.75, 3.05) is 13.1 Å². The van der Waals surface area contributed by atoms with Crippen LogP contribution < -0.4 is 10.1 Å². The van der Waals surface area contributed by atoms with Gasteiger partial charge in [0.05, 0.1) is 0 Å². The largest absolute Gasteiger partial charge is 0.489 e. The molecule has 172 valence electrons. The highest BCUT2D eigenvalue weighted by Crippen LogP contribution is 2.31. The van der Waals surface area contributed by atoms with Gasteiger partial charge in [0.1, 0.15) is 23.7 Å². The minimum atomic E-state index is -0.628. The van der Waals surface area contributed by atoms with Crippen LogP contribution in [0.1, 0.15) is 47.2 Å². The van der Waals surface area contributed by atoms with Crippen LogP contribution in [0.15, 0.2) is 42.5 Å². The molecule has 0 saturated carbocycles. The van der Waals surface area contributed by atoms with Crippen molar-refractivity contribution in [3.05, 3.63) is 65.0 Å². The molecule has 0 spiro atoms. The first-order valence-electron chi connectivity index (χ1n) is 11.4. The molecule has 7 nitrogen and oxygen atoms in total. The number of carbonyl (C=O) groups is 3. The molecule has 0 aliphatic carbocycles. The Morgan fingerprint density at radius 2 is 1.94 bits per heavy atom. The van der Waals surface area contributed by atoms with Crippen LogP contribution in [-0.4, -0.2) is 52.8 Å². The number of halogens is 1. The number of imide groups is 1. The van der Waals surface area contributed by atoms with Crippen LogP contribution in [-0.2, 0) is 22.7 Å². The number of nitrogens with zero attached hydrogens (tertiary/aromatic N) is 2. The Balaban J connectivity index is 1.23. The molecule has 2 unspecified atom stereocenters. The fraction of sp³-hybridized carbons (Fsp3) is 0.400. The molecule has 3 amide bonds. The molecule has 5 rings (SSSR count). The van der Waals surface area contributed by atoms with Gasteiger partial charge in [-0.2, -0.15) is 0 Å². The number of fused-ring (bicyclic) bond motifs is 1. The van der Waals surface area contributed by atoms with E-state index in [1.54, 1.807) is 18.2 Å². The average molecular weight is 451 g/mol. The van der Waals surface area contributed by atoms with Gasteiger partial charge < -0.3 is 9.64 Å². The summed E-state index contributed by atoms with van der Waals surface area (Å²) in [5.41, 5.74) is 2.07. The van der Waals surface area contributed by atoms with Gasteiger partial charge in [-0.3, -0.25) is 24.6 Å². The van der Waals surface area contributed by atoms with Gasteiger partial charge in [0.15, 0.2) is 0 Å². The number of hydrogen-bond acceptors (Lipinski definition) is 5. The van der Waals surface area contributed by atoms with Crippen molar-refractivity contribution in [2.24, 2.45) is 0 Å². The van der Waals surface area contributed by atoms with Crippen LogP contribution in [0, 0.1) is 5.82 Å². The van der Waals surface area contributed by atoms with Crippen LogP contribution in [0.2, 0.25) is 0 Å². The van der Waals surface area contributed by atoms with Gasteiger partial charge in [-0.1, -0.05) is 18.2 Å². The van der Waals surface area contributed by atoms with Crippen LogP contribution in [0.3, 0.4) is 0 Å². The minimum absolute atomic E-state index is 0.0214. The van der Waals surface area contributed by atoms with Gasteiger partial charge >= 0.3 is 0 Å². The summed E-state index contributed by atoms with van der Waals surface area (Å²) in [6.45, 7) is 2.47. The number of amides is 3. The number of piperidine rings is 2. The fourth-order valence-corrected chi connectivity index (χ4v) is 4.94. The molecule has 0 aromatic heterocycles. The number of carbonyl (C=O) groups excluding carboxylic acids is 3. The van der Waals surface area contributed by atoms with Gasteiger partial charge in [0.2, 0.25) is 11.8 Å². The van der Waals surface area contributed by atoms with Gasteiger partial charge in [-0.05, 0) is 55.6 Å². The van der Waals surface area contributed by atoms with E-state index in [0.29, 0.717) is 42.9 Å². The second kappa shape index (κ2) is 8.94. The maximum atomic E-state index is 14.0. The summed E-state index contributed by atoms with van der Waals surface area (Å²) in [5, 5.41) is 2.32. The Morgan fingerprint density at radius 1 is 1.09 bits per heavy atom. The minimum Gasteiger partial charge on any atom is -0.489 e. The zero-order chi connectivity index (χ0) is 22.9. The summed E-state index contributed by atoms with van der Waals surface area (Å²) in [7, 11) is 0. The standard InChI is InChI=1S/C25H26FN3O4/c26-21-6-2-1-4-16(21)13-28-11-3-5-19(15-28)33-18-7-8-20-17(12-18)14-29(25(20)32)22-9-10-23(30)27-24(22)31/h1-2,4,6-8,12,19,22H,3,5,9-11,13-15H2,(H,27,30,31). The third-order valence-electron chi connectivity index (χ3n) is 6.61. The molecule has 2 atom stereocenters. The first-order valence-corrected chi connectivity index (χ1v) is 11.4. The molecule has 3 heterocycles. The number of hydrogen-bond donors (Lipinski definition) is 1. The van der Waals surface area contributed by atoms with E-state index in [2.05, 4.69) is 10.2 Å². The summed E-state index contributed by atoms with van der Waals surface area (Å²) in [6, 6.07) is 11.6. The highest BCUT2D eigenvalue weighted by molar-refractivity contribution is 6.05. The Bertz CT molecular complexity index is 1100. The maximum absolute atomic E-state index is 14.0. The summed E-state index contributed by atoms with van der Waals surface area (Å²) < 4.78 is 20.3. The Morgan fingerprint density at radius 3 is 2.76 bits per heavy atom. The van der Waals surface area contributed by atoms with Crippen molar-refractivity contribution in [2.45, 2.75) is 50.9 Å². The third kappa shape index (κ3) is 4.48. The number of ether oxygens (including phenoxy) is 1. The van der Waals surface area contributed by atoms with E-state index in [9.17, 15) is 18.8 Å². The zero-order valence-electron chi connectivity index (χ0n) is 18.3. The van der Waals surface area contributed by atoms with E-state index in [4.69, 9.17) is 4.74 Å². The van der Waals surface area contributed by atoms with E-state index in [1.807, 2.05) is 18.2 Å². The van der Waals surface area contributed by atoms with Gasteiger partial charge in [-0.15, -0.1) is 0 Å². The fourth-order valence-electron chi connectivity index (χ4n) is 4.94. The van der Waals surface area contributed by atoms with E-state index in [1.165, 1.54) is 11.0 Å². The molecule has 3 aliphatic rings. The first-order chi connectivity index (χ1) is 16.0. The Hall–Kier alpha value is -3.26. The number of nitrogens with one attached hydrogen (secondary N) is 1. The molecular weight excluding hydrogens is 425 g/mol. The van der Waals surface area contributed by atoms with Crippen LogP contribution in [0.25, 0.3) is 0 Å². The first kappa shape index (κ1) is 21.6. The van der Waals surface area contributed by atoms with Crippen molar-refractivity contribution >= 4 is 17.7 Å². The van der Waals surface area contributed by atoms with Crippen molar-refractivity contribution in [3.8, 4) is 5.75 Å².